The van der Waals surface area contributed by atoms with Crippen LogP contribution in [0, 0.1) is 28.4 Å². The normalized spacial score (nSPS) is 10.9. The Morgan fingerprint density at radius 2 is 2.00 bits per heavy atom. The second kappa shape index (κ2) is 10.8. The van der Waals surface area contributed by atoms with Crippen LogP contribution in [-0.2, 0) is 11.4 Å². The molecule has 3 aromatic carbocycles. The van der Waals surface area contributed by atoms with Crippen LogP contribution in [0.4, 0.5) is 11.4 Å². The molecule has 0 heterocycles. The summed E-state index contributed by atoms with van der Waals surface area (Å²) in [5, 5.41) is 23.6. The van der Waals surface area contributed by atoms with Gasteiger partial charge in [-0.1, -0.05) is 35.9 Å². The Kier molecular flexibility index (Phi) is 7.83. The molecule has 166 valence electrons. The minimum Gasteiger partial charge on any atom is -0.488 e. The Morgan fingerprint density at radius 3 is 2.70 bits per heavy atom. The Balaban J connectivity index is 1.73. The summed E-state index contributed by atoms with van der Waals surface area (Å²) in [6.45, 7) is 1.91. The van der Waals surface area contributed by atoms with Gasteiger partial charge in [0.05, 0.1) is 9.40 Å². The van der Waals surface area contributed by atoms with Gasteiger partial charge in [-0.3, -0.25) is 14.9 Å². The fourth-order valence-corrected chi connectivity index (χ4v) is 3.58. The van der Waals surface area contributed by atoms with Crippen LogP contribution in [-0.4, -0.2) is 10.8 Å². The number of rotatable bonds is 7. The second-order valence-electron chi connectivity index (χ2n) is 6.94. The predicted octanol–water partition coefficient (Wildman–Crippen LogP) is 6.44. The maximum absolute atomic E-state index is 12.6. The monoisotopic (exact) mass is 525 g/mol. The first-order valence-corrected chi connectivity index (χ1v) is 10.8. The van der Waals surface area contributed by atoms with E-state index in [1.54, 1.807) is 55.5 Å². The van der Waals surface area contributed by atoms with Crippen LogP contribution in [0.5, 0.6) is 5.75 Å². The van der Waals surface area contributed by atoms with E-state index in [4.69, 9.17) is 16.3 Å². The van der Waals surface area contributed by atoms with Gasteiger partial charge in [0.25, 0.3) is 11.6 Å². The number of nitro benzene ring substituents is 1. The number of carbonyl (C=O) groups excluding carboxylic acids is 1. The number of nitro groups is 1. The van der Waals surface area contributed by atoms with Crippen molar-refractivity contribution in [3.63, 3.8) is 0 Å². The van der Waals surface area contributed by atoms with Crippen molar-refractivity contribution in [2.24, 2.45) is 0 Å². The maximum atomic E-state index is 12.6. The quantitative estimate of drug-likeness (QED) is 0.165. The Hall–Kier alpha value is -3.67. The van der Waals surface area contributed by atoms with Crippen LogP contribution >= 0.6 is 27.5 Å². The van der Waals surface area contributed by atoms with Crippen molar-refractivity contribution in [1.82, 2.24) is 0 Å². The molecular weight excluding hydrogens is 510 g/mol. The van der Waals surface area contributed by atoms with Gasteiger partial charge in [-0.25, -0.2) is 0 Å². The molecule has 0 unspecified atom stereocenters. The van der Waals surface area contributed by atoms with Gasteiger partial charge in [0.1, 0.15) is 24.0 Å². The van der Waals surface area contributed by atoms with E-state index in [1.807, 2.05) is 6.07 Å². The molecule has 1 amide bonds. The number of nitrogens with one attached hydrogen (secondary N) is 1. The minimum atomic E-state index is -0.551. The Morgan fingerprint density at radius 1 is 1.24 bits per heavy atom. The van der Waals surface area contributed by atoms with E-state index in [1.165, 1.54) is 18.2 Å². The molecule has 0 saturated carbocycles. The van der Waals surface area contributed by atoms with Crippen molar-refractivity contribution in [2.75, 3.05) is 5.32 Å². The highest BCUT2D eigenvalue weighted by Crippen LogP contribution is 2.28. The zero-order valence-electron chi connectivity index (χ0n) is 17.3. The molecule has 0 aromatic heterocycles. The molecule has 0 spiro atoms. The van der Waals surface area contributed by atoms with E-state index >= 15 is 0 Å². The van der Waals surface area contributed by atoms with Gasteiger partial charge in [-0.15, -0.1) is 0 Å². The largest absolute Gasteiger partial charge is 0.488 e. The zero-order valence-corrected chi connectivity index (χ0v) is 19.7. The minimum absolute atomic E-state index is 0.00840. The summed E-state index contributed by atoms with van der Waals surface area (Å²) >= 11 is 9.50. The molecule has 33 heavy (non-hydrogen) atoms. The number of hydrogen-bond acceptors (Lipinski definition) is 5. The standard InChI is InChI=1S/C24H17BrClN3O4/c1-15-21(26)6-3-7-22(15)28-24(30)18(13-27)10-16-8-9-23(20(25)12-16)33-14-17-4-2-5-19(11-17)29(31)32/h2-12H,14H2,1H3,(H,28,30)/b18-10-. The lowest BCUT2D eigenvalue weighted by molar-refractivity contribution is -0.384. The van der Waals surface area contributed by atoms with E-state index < -0.39 is 10.8 Å². The molecule has 0 aliphatic carbocycles. The average Bonchev–Trinajstić information content (AvgIpc) is 2.80. The lowest BCUT2D eigenvalue weighted by Crippen LogP contribution is -2.14. The molecule has 0 radical (unpaired) electrons. The molecule has 0 bridgehead atoms. The molecule has 0 atom stereocenters. The van der Waals surface area contributed by atoms with Gasteiger partial charge in [0.2, 0.25) is 0 Å². The van der Waals surface area contributed by atoms with Gasteiger partial charge < -0.3 is 10.1 Å². The number of anilines is 1. The summed E-state index contributed by atoms with van der Waals surface area (Å²) in [7, 11) is 0. The fraction of sp³-hybridized carbons (Fsp3) is 0.0833. The van der Waals surface area contributed by atoms with E-state index in [0.717, 1.165) is 0 Å². The molecule has 0 saturated heterocycles. The van der Waals surface area contributed by atoms with Gasteiger partial charge in [0, 0.05) is 22.8 Å². The van der Waals surface area contributed by atoms with Gasteiger partial charge in [0.15, 0.2) is 0 Å². The zero-order chi connectivity index (χ0) is 24.0. The first-order valence-electron chi connectivity index (χ1n) is 9.62. The van der Waals surface area contributed by atoms with Crippen molar-refractivity contribution in [3.8, 4) is 11.8 Å². The van der Waals surface area contributed by atoms with Gasteiger partial charge in [-0.2, -0.15) is 5.26 Å². The number of non-ortho nitro benzene ring substituents is 1. The predicted molar refractivity (Wildman–Crippen MR) is 130 cm³/mol. The fourth-order valence-electron chi connectivity index (χ4n) is 2.89. The number of halogens is 2. The molecule has 1 N–H and O–H groups in total. The second-order valence-corrected chi connectivity index (χ2v) is 8.20. The van der Waals surface area contributed by atoms with Crippen molar-refractivity contribution < 1.29 is 14.5 Å². The van der Waals surface area contributed by atoms with E-state index in [9.17, 15) is 20.2 Å². The van der Waals surface area contributed by atoms with Crippen molar-refractivity contribution in [2.45, 2.75) is 13.5 Å². The summed E-state index contributed by atoms with van der Waals surface area (Å²) in [5.74, 6) is -0.0406. The van der Waals surface area contributed by atoms with Crippen LogP contribution in [0.25, 0.3) is 6.08 Å². The summed E-state index contributed by atoms with van der Waals surface area (Å²) in [5.41, 5.74) is 2.41. The molecule has 0 fully saturated rings. The van der Waals surface area contributed by atoms with E-state index in [-0.39, 0.29) is 17.9 Å². The third-order valence-electron chi connectivity index (χ3n) is 4.66. The third kappa shape index (κ3) is 6.19. The molecule has 9 heteroatoms. The van der Waals surface area contributed by atoms with Crippen LogP contribution < -0.4 is 10.1 Å². The summed E-state index contributed by atoms with van der Waals surface area (Å²) < 4.78 is 6.35. The Bertz CT molecular complexity index is 1300. The maximum Gasteiger partial charge on any atom is 0.269 e. The molecule has 0 aliphatic heterocycles. The lowest BCUT2D eigenvalue weighted by Gasteiger charge is -2.10. The highest BCUT2D eigenvalue weighted by Gasteiger charge is 2.13. The van der Waals surface area contributed by atoms with Crippen molar-refractivity contribution in [3.05, 3.63) is 103 Å². The van der Waals surface area contributed by atoms with Gasteiger partial charge in [-0.05, 0) is 69.9 Å². The highest BCUT2D eigenvalue weighted by atomic mass is 79.9. The molecular formula is C24H17BrClN3O4. The molecule has 3 aromatic rings. The van der Waals surface area contributed by atoms with Crippen LogP contribution in [0.3, 0.4) is 0 Å². The summed E-state index contributed by atoms with van der Waals surface area (Å²) in [6.07, 6.45) is 1.46. The SMILES string of the molecule is Cc1c(Cl)cccc1NC(=O)/C(C#N)=C\c1ccc(OCc2cccc([N+](=O)[O-])c2)c(Br)c1. The Labute approximate surface area is 203 Å². The third-order valence-corrected chi connectivity index (χ3v) is 5.69. The summed E-state index contributed by atoms with van der Waals surface area (Å²) in [4.78, 5) is 23.0. The average molecular weight is 527 g/mol. The number of nitrogens with zero attached hydrogens (tertiary/aromatic N) is 2. The first-order chi connectivity index (χ1) is 15.8. The number of ether oxygens (including phenoxy) is 1. The van der Waals surface area contributed by atoms with Crippen LogP contribution in [0.2, 0.25) is 5.02 Å². The number of nitriles is 1. The van der Waals surface area contributed by atoms with Crippen molar-refractivity contribution >= 4 is 50.9 Å². The van der Waals surface area contributed by atoms with Gasteiger partial charge >= 0.3 is 0 Å². The van der Waals surface area contributed by atoms with Crippen LogP contribution in [0.15, 0.2) is 70.7 Å². The van der Waals surface area contributed by atoms with Crippen molar-refractivity contribution in [1.29, 1.82) is 5.26 Å². The van der Waals surface area contributed by atoms with E-state index in [0.29, 0.717) is 37.6 Å². The molecule has 7 nitrogen and oxygen atoms in total. The first kappa shape index (κ1) is 24.0. The lowest BCUT2D eigenvalue weighted by atomic mass is 10.1. The smallest absolute Gasteiger partial charge is 0.269 e. The number of benzene rings is 3. The molecule has 0 aliphatic rings. The highest BCUT2D eigenvalue weighted by molar-refractivity contribution is 9.10. The topological polar surface area (TPSA) is 105 Å². The number of carbonyl (C=O) groups is 1. The number of amides is 1. The summed E-state index contributed by atoms with van der Waals surface area (Å²) in [6, 6.07) is 18.3. The number of hydrogen-bond donors (Lipinski definition) is 1. The molecule has 3 rings (SSSR count). The van der Waals surface area contributed by atoms with E-state index in [2.05, 4.69) is 21.2 Å². The van der Waals surface area contributed by atoms with Crippen LogP contribution in [0.1, 0.15) is 16.7 Å².